The van der Waals surface area contributed by atoms with Crippen LogP contribution in [0.3, 0.4) is 0 Å². The molecule has 0 spiro atoms. The molecule has 16 heavy (non-hydrogen) atoms. The number of benzene rings is 1. The summed E-state index contributed by atoms with van der Waals surface area (Å²) in [5.41, 5.74) is 7.62. The van der Waals surface area contributed by atoms with Gasteiger partial charge in [-0.3, -0.25) is 5.10 Å². The van der Waals surface area contributed by atoms with Crippen LogP contribution >= 0.6 is 15.9 Å². The van der Waals surface area contributed by atoms with Crippen molar-refractivity contribution < 1.29 is 4.39 Å². The average Bonchev–Trinajstić information content (AvgIpc) is 2.68. The predicted octanol–water partition coefficient (Wildman–Crippen LogP) is 3.12. The number of nitrogen functional groups attached to an aromatic ring is 1. The molecule has 0 bridgehead atoms. The van der Waals surface area contributed by atoms with Gasteiger partial charge in [-0.15, -0.1) is 0 Å². The number of hydrogen-bond donors (Lipinski definition) is 2. The van der Waals surface area contributed by atoms with E-state index in [1.807, 2.05) is 6.92 Å². The molecule has 0 saturated carbocycles. The fourth-order valence-electron chi connectivity index (χ4n) is 1.52. The lowest BCUT2D eigenvalue weighted by atomic mass is 10.1. The molecule has 0 unspecified atom stereocenters. The summed E-state index contributed by atoms with van der Waals surface area (Å²) in [5, 5.41) is 6.50. The van der Waals surface area contributed by atoms with Gasteiger partial charge in [-0.1, -0.05) is 6.92 Å². The van der Waals surface area contributed by atoms with Gasteiger partial charge in [0.1, 0.15) is 11.6 Å². The first-order valence-corrected chi connectivity index (χ1v) is 5.70. The third-order valence-electron chi connectivity index (χ3n) is 2.38. The lowest BCUT2D eigenvalue weighted by Crippen LogP contribution is -1.90. The minimum atomic E-state index is -0.305. The third-order valence-corrected chi connectivity index (χ3v) is 2.96. The van der Waals surface area contributed by atoms with Crippen molar-refractivity contribution in [1.29, 1.82) is 0 Å². The van der Waals surface area contributed by atoms with Crippen LogP contribution in [0.5, 0.6) is 0 Å². The van der Waals surface area contributed by atoms with Gasteiger partial charge in [0.25, 0.3) is 0 Å². The summed E-state index contributed by atoms with van der Waals surface area (Å²) >= 11 is 3.20. The fourth-order valence-corrected chi connectivity index (χ4v) is 2.03. The number of aromatic amines is 1. The molecule has 84 valence electrons. The Bertz CT molecular complexity index is 522. The van der Waals surface area contributed by atoms with E-state index in [-0.39, 0.29) is 5.82 Å². The highest BCUT2D eigenvalue weighted by atomic mass is 79.9. The molecule has 3 nitrogen and oxygen atoms in total. The largest absolute Gasteiger partial charge is 0.382 e. The molecule has 0 amide bonds. The number of hydrogen-bond acceptors (Lipinski definition) is 2. The van der Waals surface area contributed by atoms with Crippen LogP contribution in [0.15, 0.2) is 22.7 Å². The Morgan fingerprint density at radius 1 is 1.44 bits per heavy atom. The van der Waals surface area contributed by atoms with Crippen molar-refractivity contribution in [2.45, 2.75) is 13.3 Å². The molecule has 0 atom stereocenters. The molecule has 2 aromatic rings. The molecule has 0 saturated heterocycles. The van der Waals surface area contributed by atoms with Crippen LogP contribution in [-0.4, -0.2) is 10.2 Å². The summed E-state index contributed by atoms with van der Waals surface area (Å²) in [7, 11) is 0. The minimum absolute atomic E-state index is 0.305. The van der Waals surface area contributed by atoms with Gasteiger partial charge in [0.05, 0.1) is 10.2 Å². The van der Waals surface area contributed by atoms with E-state index in [0.29, 0.717) is 21.5 Å². The molecule has 3 N–H and O–H groups in total. The molecule has 1 heterocycles. The molecule has 0 aliphatic carbocycles. The summed E-state index contributed by atoms with van der Waals surface area (Å²) in [4.78, 5) is 0. The smallest absolute Gasteiger partial charge is 0.146 e. The standard InChI is InChI=1S/C11H11BrFN3/c1-2-6-3-7(11(13)8(12)4-6)9-5-10(14)16-15-9/h3-5H,2H2,1H3,(H3,14,15,16). The first kappa shape index (κ1) is 11.1. The minimum Gasteiger partial charge on any atom is -0.382 e. The second-order valence-corrected chi connectivity index (χ2v) is 4.35. The number of nitrogens with two attached hydrogens (primary N) is 1. The van der Waals surface area contributed by atoms with Gasteiger partial charge in [-0.25, -0.2) is 4.39 Å². The van der Waals surface area contributed by atoms with Crippen LogP contribution in [0.1, 0.15) is 12.5 Å². The molecule has 2 rings (SSSR count). The zero-order valence-electron chi connectivity index (χ0n) is 8.72. The monoisotopic (exact) mass is 283 g/mol. The zero-order valence-corrected chi connectivity index (χ0v) is 10.3. The molecular weight excluding hydrogens is 273 g/mol. The summed E-state index contributed by atoms with van der Waals surface area (Å²) < 4.78 is 14.3. The third kappa shape index (κ3) is 1.95. The number of aryl methyl sites for hydroxylation is 1. The van der Waals surface area contributed by atoms with Crippen molar-refractivity contribution in [3.05, 3.63) is 34.1 Å². The molecule has 0 radical (unpaired) electrons. The molecule has 0 aliphatic heterocycles. The quantitative estimate of drug-likeness (QED) is 0.890. The van der Waals surface area contributed by atoms with Crippen LogP contribution in [0.2, 0.25) is 0 Å². The van der Waals surface area contributed by atoms with E-state index in [1.165, 1.54) is 0 Å². The SMILES string of the molecule is CCc1cc(Br)c(F)c(-c2cc(N)n[nH]2)c1. The summed E-state index contributed by atoms with van der Waals surface area (Å²) in [5.74, 6) is 0.0493. The van der Waals surface area contributed by atoms with E-state index in [4.69, 9.17) is 5.73 Å². The molecule has 1 aromatic carbocycles. The Morgan fingerprint density at radius 2 is 2.19 bits per heavy atom. The summed E-state index contributed by atoms with van der Waals surface area (Å²) in [6, 6.07) is 5.19. The second kappa shape index (κ2) is 4.25. The van der Waals surface area contributed by atoms with Crippen molar-refractivity contribution in [3.8, 4) is 11.3 Å². The van der Waals surface area contributed by atoms with Crippen molar-refractivity contribution in [2.75, 3.05) is 5.73 Å². The van der Waals surface area contributed by atoms with E-state index < -0.39 is 0 Å². The average molecular weight is 284 g/mol. The summed E-state index contributed by atoms with van der Waals surface area (Å²) in [6.45, 7) is 2.02. The molecule has 0 aliphatic rings. The topological polar surface area (TPSA) is 54.7 Å². The Morgan fingerprint density at radius 3 is 2.75 bits per heavy atom. The van der Waals surface area contributed by atoms with Crippen molar-refractivity contribution in [2.24, 2.45) is 0 Å². The number of halogens is 2. The van der Waals surface area contributed by atoms with Gasteiger partial charge in [0, 0.05) is 11.6 Å². The van der Waals surface area contributed by atoms with Crippen molar-refractivity contribution >= 4 is 21.7 Å². The van der Waals surface area contributed by atoms with Crippen LogP contribution < -0.4 is 5.73 Å². The lowest BCUT2D eigenvalue weighted by Gasteiger charge is -2.05. The second-order valence-electron chi connectivity index (χ2n) is 3.50. The number of H-pyrrole nitrogens is 1. The maximum absolute atomic E-state index is 13.9. The van der Waals surface area contributed by atoms with E-state index in [9.17, 15) is 4.39 Å². The Labute approximate surface area is 101 Å². The highest BCUT2D eigenvalue weighted by Crippen LogP contribution is 2.29. The van der Waals surface area contributed by atoms with E-state index >= 15 is 0 Å². The number of aromatic nitrogens is 2. The highest BCUT2D eigenvalue weighted by molar-refractivity contribution is 9.10. The van der Waals surface area contributed by atoms with E-state index in [1.54, 1.807) is 18.2 Å². The molecule has 1 aromatic heterocycles. The zero-order chi connectivity index (χ0) is 11.7. The first-order chi connectivity index (χ1) is 7.61. The number of nitrogens with one attached hydrogen (secondary N) is 1. The molecule has 0 fully saturated rings. The van der Waals surface area contributed by atoms with E-state index in [0.717, 1.165) is 12.0 Å². The summed E-state index contributed by atoms with van der Waals surface area (Å²) in [6.07, 6.45) is 0.843. The molecular formula is C11H11BrFN3. The van der Waals surface area contributed by atoms with Gasteiger partial charge in [-0.05, 0) is 40.0 Å². The van der Waals surface area contributed by atoms with Crippen LogP contribution in [-0.2, 0) is 6.42 Å². The van der Waals surface area contributed by atoms with Crippen molar-refractivity contribution in [1.82, 2.24) is 10.2 Å². The Kier molecular flexibility index (Phi) is 2.96. The van der Waals surface area contributed by atoms with Gasteiger partial charge in [-0.2, -0.15) is 5.10 Å². The lowest BCUT2D eigenvalue weighted by molar-refractivity contribution is 0.623. The maximum Gasteiger partial charge on any atom is 0.146 e. The maximum atomic E-state index is 13.9. The van der Waals surface area contributed by atoms with Crippen LogP contribution in [0.25, 0.3) is 11.3 Å². The van der Waals surface area contributed by atoms with E-state index in [2.05, 4.69) is 26.1 Å². The van der Waals surface area contributed by atoms with Crippen LogP contribution in [0, 0.1) is 5.82 Å². The number of rotatable bonds is 2. The highest BCUT2D eigenvalue weighted by Gasteiger charge is 2.12. The van der Waals surface area contributed by atoms with Gasteiger partial charge in [0.2, 0.25) is 0 Å². The fraction of sp³-hybridized carbons (Fsp3) is 0.182. The van der Waals surface area contributed by atoms with Crippen molar-refractivity contribution in [3.63, 3.8) is 0 Å². The Hall–Kier alpha value is -1.36. The van der Waals surface area contributed by atoms with Gasteiger partial charge in [0.15, 0.2) is 0 Å². The Balaban J connectivity index is 2.59. The van der Waals surface area contributed by atoms with Gasteiger partial charge >= 0.3 is 0 Å². The molecule has 5 heteroatoms. The van der Waals surface area contributed by atoms with Gasteiger partial charge < -0.3 is 5.73 Å². The number of nitrogens with zero attached hydrogens (tertiary/aromatic N) is 1. The normalized spacial score (nSPS) is 10.7. The predicted molar refractivity (Wildman–Crippen MR) is 65.5 cm³/mol. The van der Waals surface area contributed by atoms with Crippen LogP contribution in [0.4, 0.5) is 10.2 Å². The first-order valence-electron chi connectivity index (χ1n) is 4.91. The number of anilines is 1.